The third kappa shape index (κ3) is 3.64. The molecule has 0 saturated heterocycles. The molecule has 1 amide bonds. The number of benzene rings is 1. The number of carbonyl (C=O) groups is 1. The Morgan fingerprint density at radius 3 is 3.00 bits per heavy atom. The van der Waals surface area contributed by atoms with Crippen molar-refractivity contribution in [3.05, 3.63) is 51.2 Å². The van der Waals surface area contributed by atoms with Gasteiger partial charge in [-0.05, 0) is 55.0 Å². The topological polar surface area (TPSA) is 55.1 Å². The number of nitrogens with one attached hydrogen (secondary N) is 1. The van der Waals surface area contributed by atoms with Crippen LogP contribution in [-0.4, -0.2) is 5.91 Å². The molecule has 3 rings (SSSR count). The summed E-state index contributed by atoms with van der Waals surface area (Å²) in [6.45, 7) is 0.660. The zero-order valence-corrected chi connectivity index (χ0v) is 12.8. The van der Waals surface area contributed by atoms with Crippen LogP contribution in [0.2, 0.25) is 0 Å². The molecule has 2 aromatic rings. The van der Waals surface area contributed by atoms with Gasteiger partial charge in [-0.15, -0.1) is 11.3 Å². The van der Waals surface area contributed by atoms with Crippen LogP contribution in [0.3, 0.4) is 0 Å². The predicted molar refractivity (Wildman–Crippen MR) is 87.4 cm³/mol. The highest BCUT2D eigenvalue weighted by molar-refractivity contribution is 7.12. The van der Waals surface area contributed by atoms with Crippen molar-refractivity contribution in [2.75, 3.05) is 5.73 Å². The highest BCUT2D eigenvalue weighted by Gasteiger charge is 2.14. The summed E-state index contributed by atoms with van der Waals surface area (Å²) in [7, 11) is 0. The lowest BCUT2D eigenvalue weighted by Gasteiger charge is -2.05. The van der Waals surface area contributed by atoms with Crippen molar-refractivity contribution < 1.29 is 4.79 Å². The minimum Gasteiger partial charge on any atom is -0.399 e. The van der Waals surface area contributed by atoms with E-state index in [-0.39, 0.29) is 5.91 Å². The summed E-state index contributed by atoms with van der Waals surface area (Å²) in [5, 5.41) is 3.01. The van der Waals surface area contributed by atoms with E-state index in [4.69, 9.17) is 5.73 Å². The molecule has 21 heavy (non-hydrogen) atoms. The summed E-state index contributed by atoms with van der Waals surface area (Å²) in [6.07, 6.45) is 4.94. The molecule has 110 valence electrons. The number of anilines is 1. The van der Waals surface area contributed by atoms with Crippen LogP contribution in [0.4, 0.5) is 5.69 Å². The molecule has 1 aliphatic rings. The van der Waals surface area contributed by atoms with Crippen molar-refractivity contribution in [3.8, 4) is 0 Å². The number of rotatable bonds is 5. The average molecular weight is 300 g/mol. The fraction of sp³-hybridized carbons (Fsp3) is 0.353. The van der Waals surface area contributed by atoms with Crippen LogP contribution in [0, 0.1) is 0 Å². The van der Waals surface area contributed by atoms with Crippen LogP contribution in [0.1, 0.15) is 33.7 Å². The van der Waals surface area contributed by atoms with Gasteiger partial charge >= 0.3 is 0 Å². The van der Waals surface area contributed by atoms with Crippen molar-refractivity contribution in [2.45, 2.75) is 38.6 Å². The molecule has 1 heterocycles. The first-order chi connectivity index (χ1) is 10.2. The van der Waals surface area contributed by atoms with Crippen LogP contribution in [0.15, 0.2) is 30.3 Å². The summed E-state index contributed by atoms with van der Waals surface area (Å²) in [4.78, 5) is 14.7. The first kappa shape index (κ1) is 14.1. The Kier molecular flexibility index (Phi) is 4.25. The Labute approximate surface area is 129 Å². The Morgan fingerprint density at radius 1 is 1.29 bits per heavy atom. The number of carbonyl (C=O) groups excluding carboxylic acids is 1. The normalized spacial score (nSPS) is 13.1. The zero-order chi connectivity index (χ0) is 14.7. The quantitative estimate of drug-likeness (QED) is 0.834. The van der Waals surface area contributed by atoms with Gasteiger partial charge in [0.25, 0.3) is 0 Å². The van der Waals surface area contributed by atoms with Crippen LogP contribution < -0.4 is 11.1 Å². The number of thiophene rings is 1. The number of nitrogen functional groups attached to an aromatic ring is 1. The third-order valence-corrected chi connectivity index (χ3v) is 5.09. The molecule has 0 radical (unpaired) electrons. The fourth-order valence-corrected chi connectivity index (χ4v) is 3.96. The number of hydrogen-bond donors (Lipinski definition) is 2. The van der Waals surface area contributed by atoms with E-state index in [9.17, 15) is 4.79 Å². The summed E-state index contributed by atoms with van der Waals surface area (Å²) in [5.41, 5.74) is 9.09. The van der Waals surface area contributed by atoms with Crippen molar-refractivity contribution in [3.63, 3.8) is 0 Å². The van der Waals surface area contributed by atoms with Crippen molar-refractivity contribution in [1.82, 2.24) is 5.32 Å². The monoisotopic (exact) mass is 300 g/mol. The highest BCUT2D eigenvalue weighted by Crippen LogP contribution is 2.30. The fourth-order valence-electron chi connectivity index (χ4n) is 2.76. The van der Waals surface area contributed by atoms with Crippen molar-refractivity contribution in [2.24, 2.45) is 0 Å². The van der Waals surface area contributed by atoms with E-state index >= 15 is 0 Å². The second-order valence-corrected chi connectivity index (χ2v) is 6.76. The first-order valence-electron chi connectivity index (χ1n) is 7.42. The van der Waals surface area contributed by atoms with Gasteiger partial charge in [-0.3, -0.25) is 4.79 Å². The van der Waals surface area contributed by atoms with Gasteiger partial charge in [0, 0.05) is 21.9 Å². The molecule has 0 aliphatic heterocycles. The smallest absolute Gasteiger partial charge is 0.220 e. The largest absolute Gasteiger partial charge is 0.399 e. The van der Waals surface area contributed by atoms with Gasteiger partial charge in [-0.2, -0.15) is 0 Å². The molecule has 3 N–H and O–H groups in total. The highest BCUT2D eigenvalue weighted by atomic mass is 32.1. The molecule has 1 aliphatic carbocycles. The Hall–Kier alpha value is -1.81. The second kappa shape index (κ2) is 6.31. The maximum Gasteiger partial charge on any atom is 0.220 e. The molecule has 4 heteroatoms. The number of amides is 1. The van der Waals surface area contributed by atoms with Gasteiger partial charge in [0.15, 0.2) is 0 Å². The number of hydrogen-bond acceptors (Lipinski definition) is 3. The predicted octanol–water partition coefficient (Wildman–Crippen LogP) is 3.07. The van der Waals surface area contributed by atoms with Gasteiger partial charge in [0.05, 0.1) is 6.54 Å². The molecule has 0 atom stereocenters. The Morgan fingerprint density at radius 2 is 2.19 bits per heavy atom. The SMILES string of the molecule is Nc1cccc(CCC(=O)NCc2cc3c(s2)CCC3)c1. The Bertz CT molecular complexity index is 626. The van der Waals surface area contributed by atoms with Crippen LogP contribution in [0.25, 0.3) is 0 Å². The number of fused-ring (bicyclic) bond motifs is 1. The van der Waals surface area contributed by atoms with Gasteiger partial charge < -0.3 is 11.1 Å². The molecular weight excluding hydrogens is 280 g/mol. The summed E-state index contributed by atoms with van der Waals surface area (Å²) >= 11 is 1.85. The summed E-state index contributed by atoms with van der Waals surface area (Å²) in [5.74, 6) is 0.103. The lowest BCUT2D eigenvalue weighted by Crippen LogP contribution is -2.22. The van der Waals surface area contributed by atoms with Crippen LogP contribution in [-0.2, 0) is 30.6 Å². The van der Waals surface area contributed by atoms with E-state index in [1.807, 2.05) is 35.6 Å². The van der Waals surface area contributed by atoms with Gasteiger partial charge in [0.1, 0.15) is 0 Å². The van der Waals surface area contributed by atoms with E-state index in [2.05, 4.69) is 11.4 Å². The maximum absolute atomic E-state index is 11.9. The third-order valence-electron chi connectivity index (χ3n) is 3.85. The van der Waals surface area contributed by atoms with Crippen LogP contribution >= 0.6 is 11.3 Å². The number of nitrogens with two attached hydrogens (primary N) is 1. The van der Waals surface area contributed by atoms with Gasteiger partial charge in [0.2, 0.25) is 5.91 Å². The molecule has 1 aromatic heterocycles. The summed E-state index contributed by atoms with van der Waals surface area (Å²) in [6, 6.07) is 9.98. The molecule has 1 aromatic carbocycles. The molecule has 0 unspecified atom stereocenters. The van der Waals surface area contributed by atoms with E-state index in [1.165, 1.54) is 34.6 Å². The minimum atomic E-state index is 0.103. The molecule has 0 spiro atoms. The van der Waals surface area contributed by atoms with E-state index < -0.39 is 0 Å². The lowest BCUT2D eigenvalue weighted by atomic mass is 10.1. The van der Waals surface area contributed by atoms with Gasteiger partial charge in [-0.1, -0.05) is 12.1 Å². The lowest BCUT2D eigenvalue weighted by molar-refractivity contribution is -0.121. The standard InChI is InChI=1S/C17H20N2OS/c18-14-5-1-3-12(9-14)7-8-17(20)19-11-15-10-13-4-2-6-16(13)21-15/h1,3,5,9-10H,2,4,6-8,11,18H2,(H,19,20). The molecule has 0 bridgehead atoms. The maximum atomic E-state index is 11.9. The molecule has 0 saturated carbocycles. The van der Waals surface area contributed by atoms with Crippen LogP contribution in [0.5, 0.6) is 0 Å². The van der Waals surface area contributed by atoms with Crippen molar-refractivity contribution >= 4 is 22.9 Å². The molecule has 0 fully saturated rings. The zero-order valence-electron chi connectivity index (χ0n) is 12.0. The van der Waals surface area contributed by atoms with E-state index in [0.717, 1.165) is 17.7 Å². The number of aryl methyl sites for hydroxylation is 3. The van der Waals surface area contributed by atoms with E-state index in [1.54, 1.807) is 0 Å². The second-order valence-electron chi connectivity index (χ2n) is 5.54. The average Bonchev–Trinajstić information content (AvgIpc) is 3.04. The molecule has 3 nitrogen and oxygen atoms in total. The van der Waals surface area contributed by atoms with Crippen molar-refractivity contribution in [1.29, 1.82) is 0 Å². The Balaban J connectivity index is 1.46. The summed E-state index contributed by atoms with van der Waals surface area (Å²) < 4.78 is 0. The minimum absolute atomic E-state index is 0.103. The van der Waals surface area contributed by atoms with Gasteiger partial charge in [-0.25, -0.2) is 0 Å². The van der Waals surface area contributed by atoms with E-state index in [0.29, 0.717) is 13.0 Å². The first-order valence-corrected chi connectivity index (χ1v) is 8.24. The molecular formula is C17H20N2OS.